The number of hydrogen-bond acceptors (Lipinski definition) is 4. The van der Waals surface area contributed by atoms with Gasteiger partial charge in [0.2, 0.25) is 0 Å². The van der Waals surface area contributed by atoms with E-state index < -0.39 is 0 Å². The molecule has 1 N–H and O–H groups in total. The summed E-state index contributed by atoms with van der Waals surface area (Å²) < 4.78 is 19.0. The lowest BCUT2D eigenvalue weighted by atomic mass is 10.1. The number of halogens is 1. The van der Waals surface area contributed by atoms with Gasteiger partial charge in [-0.25, -0.2) is 4.39 Å². The van der Waals surface area contributed by atoms with E-state index in [1.54, 1.807) is 18.6 Å². The van der Waals surface area contributed by atoms with Crippen LogP contribution in [-0.2, 0) is 13.1 Å². The lowest BCUT2D eigenvalue weighted by Crippen LogP contribution is -2.23. The summed E-state index contributed by atoms with van der Waals surface area (Å²) in [6.45, 7) is 1.99. The molecule has 0 bridgehead atoms. The third-order valence-electron chi connectivity index (χ3n) is 4.91. The third kappa shape index (κ3) is 4.12. The Bertz CT molecular complexity index is 907. The van der Waals surface area contributed by atoms with Gasteiger partial charge in [0.25, 0.3) is 5.91 Å². The Morgan fingerprint density at radius 3 is 2.96 bits per heavy atom. The van der Waals surface area contributed by atoms with Crippen molar-refractivity contribution in [3.8, 4) is 0 Å². The van der Waals surface area contributed by atoms with Crippen molar-refractivity contribution in [2.24, 2.45) is 0 Å². The maximum Gasteiger partial charge on any atom is 0.261 e. The second-order valence-electron chi connectivity index (χ2n) is 6.74. The summed E-state index contributed by atoms with van der Waals surface area (Å²) in [6, 6.07) is 12.9. The van der Waals surface area contributed by atoms with Crippen LogP contribution in [0.3, 0.4) is 0 Å². The fraction of sp³-hybridized carbons (Fsp3) is 0.286. The van der Waals surface area contributed by atoms with Gasteiger partial charge in [-0.05, 0) is 43.7 Å². The minimum Gasteiger partial charge on any atom is -0.472 e. The number of carbonyl (C=O) groups is 1. The summed E-state index contributed by atoms with van der Waals surface area (Å²) >= 11 is 1.52. The Morgan fingerprint density at radius 1 is 1.26 bits per heavy atom. The quantitative estimate of drug-likeness (QED) is 0.667. The molecule has 4 nitrogen and oxygen atoms in total. The maximum absolute atomic E-state index is 14.0. The van der Waals surface area contributed by atoms with Crippen molar-refractivity contribution in [1.29, 1.82) is 0 Å². The number of hydrogen-bond donors (Lipinski definition) is 1. The van der Waals surface area contributed by atoms with E-state index >= 15 is 0 Å². The number of nitrogens with zero attached hydrogens (tertiary/aromatic N) is 1. The zero-order valence-corrected chi connectivity index (χ0v) is 15.7. The van der Waals surface area contributed by atoms with Crippen LogP contribution in [0.2, 0.25) is 0 Å². The molecule has 0 aliphatic carbocycles. The highest BCUT2D eigenvalue weighted by Gasteiger charge is 2.28. The summed E-state index contributed by atoms with van der Waals surface area (Å²) in [6.07, 6.45) is 5.33. The summed E-state index contributed by atoms with van der Waals surface area (Å²) in [5, 5.41) is 2.91. The molecule has 1 atom stereocenters. The molecule has 3 aromatic rings. The maximum atomic E-state index is 14.0. The van der Waals surface area contributed by atoms with Crippen molar-refractivity contribution in [1.82, 2.24) is 10.2 Å². The van der Waals surface area contributed by atoms with E-state index in [2.05, 4.69) is 10.2 Å². The summed E-state index contributed by atoms with van der Waals surface area (Å²) in [5.74, 6) is -0.236. The molecule has 6 heteroatoms. The average Bonchev–Trinajstić information content (AvgIpc) is 3.43. The smallest absolute Gasteiger partial charge is 0.261 e. The molecule has 3 heterocycles. The fourth-order valence-electron chi connectivity index (χ4n) is 3.50. The molecule has 1 aromatic carbocycles. The lowest BCUT2D eigenvalue weighted by molar-refractivity contribution is 0.0955. The van der Waals surface area contributed by atoms with Gasteiger partial charge in [-0.1, -0.05) is 18.2 Å². The van der Waals surface area contributed by atoms with Crippen LogP contribution in [-0.4, -0.2) is 17.4 Å². The molecule has 1 saturated heterocycles. The van der Waals surface area contributed by atoms with Crippen molar-refractivity contribution in [2.45, 2.75) is 32.0 Å². The number of likely N-dealkylation sites (tertiary alicyclic amines) is 1. The summed E-state index contributed by atoms with van der Waals surface area (Å²) in [5.41, 5.74) is 1.66. The van der Waals surface area contributed by atoms with Gasteiger partial charge in [-0.3, -0.25) is 9.69 Å². The Morgan fingerprint density at radius 2 is 2.15 bits per heavy atom. The molecule has 1 aliphatic heterocycles. The van der Waals surface area contributed by atoms with E-state index in [9.17, 15) is 9.18 Å². The number of thiophene rings is 1. The van der Waals surface area contributed by atoms with Gasteiger partial charge >= 0.3 is 0 Å². The second-order valence-corrected chi connectivity index (χ2v) is 7.85. The van der Waals surface area contributed by atoms with Crippen molar-refractivity contribution in [2.75, 3.05) is 6.54 Å². The highest BCUT2D eigenvalue weighted by atomic mass is 32.1. The van der Waals surface area contributed by atoms with Crippen LogP contribution < -0.4 is 5.32 Å². The highest BCUT2D eigenvalue weighted by molar-refractivity contribution is 7.14. The first-order chi connectivity index (χ1) is 13.2. The zero-order chi connectivity index (χ0) is 18.6. The van der Waals surface area contributed by atoms with Gasteiger partial charge in [-0.2, -0.15) is 0 Å². The van der Waals surface area contributed by atoms with Crippen molar-refractivity contribution < 1.29 is 13.6 Å². The molecule has 0 radical (unpaired) electrons. The van der Waals surface area contributed by atoms with E-state index in [1.807, 2.05) is 30.3 Å². The minimum absolute atomic E-state index is 0.0777. The SMILES string of the molecule is O=C(NCc1ccoc1)c1ccc([C@@H]2CCCN2Cc2ccccc2F)s1. The first kappa shape index (κ1) is 17.9. The molecule has 0 unspecified atom stereocenters. The largest absolute Gasteiger partial charge is 0.472 e. The standard InChI is InChI=1S/C21H21FN2O2S/c22-17-5-2-1-4-16(17)13-24-10-3-6-18(24)19-7-8-20(27-19)21(25)23-12-15-9-11-26-14-15/h1-2,4-5,7-9,11,14,18H,3,6,10,12-13H2,(H,23,25)/t18-/m0/s1. The number of amides is 1. The predicted octanol–water partition coefficient (Wildman–Crippen LogP) is 4.75. The van der Waals surface area contributed by atoms with Gasteiger partial charge in [0, 0.05) is 35.1 Å². The lowest BCUT2D eigenvalue weighted by Gasteiger charge is -2.23. The molecule has 140 valence electrons. The molecular weight excluding hydrogens is 363 g/mol. The molecule has 0 saturated carbocycles. The summed E-state index contributed by atoms with van der Waals surface area (Å²) in [4.78, 5) is 16.6. The average molecular weight is 384 g/mol. The Hall–Kier alpha value is -2.44. The van der Waals surface area contributed by atoms with Gasteiger partial charge < -0.3 is 9.73 Å². The molecule has 4 rings (SSSR count). The van der Waals surface area contributed by atoms with E-state index in [0.29, 0.717) is 18.0 Å². The van der Waals surface area contributed by atoms with Crippen LogP contribution in [0, 0.1) is 5.82 Å². The molecule has 2 aromatic heterocycles. The van der Waals surface area contributed by atoms with Crippen LogP contribution in [0.1, 0.15) is 44.6 Å². The summed E-state index contributed by atoms with van der Waals surface area (Å²) in [7, 11) is 0. The van der Waals surface area contributed by atoms with Crippen molar-refractivity contribution in [3.63, 3.8) is 0 Å². The number of furan rings is 1. The zero-order valence-electron chi connectivity index (χ0n) is 14.9. The van der Waals surface area contributed by atoms with Gasteiger partial charge in [0.05, 0.1) is 17.4 Å². The van der Waals surface area contributed by atoms with Crippen LogP contribution in [0.25, 0.3) is 0 Å². The number of rotatable bonds is 6. The van der Waals surface area contributed by atoms with Crippen LogP contribution >= 0.6 is 11.3 Å². The third-order valence-corrected chi connectivity index (χ3v) is 6.09. The number of carbonyl (C=O) groups excluding carboxylic acids is 1. The molecule has 1 aliphatic rings. The van der Waals surface area contributed by atoms with Crippen LogP contribution in [0.5, 0.6) is 0 Å². The van der Waals surface area contributed by atoms with Crippen molar-refractivity contribution in [3.05, 3.63) is 81.7 Å². The molecule has 1 fully saturated rings. The monoisotopic (exact) mass is 384 g/mol. The highest BCUT2D eigenvalue weighted by Crippen LogP contribution is 2.37. The Balaban J connectivity index is 1.42. The number of benzene rings is 1. The number of nitrogens with one attached hydrogen (secondary N) is 1. The van der Waals surface area contributed by atoms with E-state index in [0.717, 1.165) is 35.4 Å². The first-order valence-corrected chi connectivity index (χ1v) is 9.89. The van der Waals surface area contributed by atoms with Gasteiger partial charge in [0.15, 0.2) is 0 Å². The molecule has 1 amide bonds. The van der Waals surface area contributed by atoms with E-state index in [-0.39, 0.29) is 17.8 Å². The Labute approximate surface area is 161 Å². The van der Waals surface area contributed by atoms with Crippen LogP contribution in [0.4, 0.5) is 4.39 Å². The van der Waals surface area contributed by atoms with E-state index in [4.69, 9.17) is 4.42 Å². The van der Waals surface area contributed by atoms with Crippen LogP contribution in [0.15, 0.2) is 59.4 Å². The van der Waals surface area contributed by atoms with Gasteiger partial charge in [0.1, 0.15) is 5.82 Å². The topological polar surface area (TPSA) is 45.5 Å². The first-order valence-electron chi connectivity index (χ1n) is 9.07. The second kappa shape index (κ2) is 8.06. The molecule has 27 heavy (non-hydrogen) atoms. The van der Waals surface area contributed by atoms with E-state index in [1.165, 1.54) is 17.4 Å². The Kier molecular flexibility index (Phi) is 5.36. The predicted molar refractivity (Wildman–Crippen MR) is 103 cm³/mol. The van der Waals surface area contributed by atoms with Crippen molar-refractivity contribution >= 4 is 17.2 Å². The fourth-order valence-corrected chi connectivity index (χ4v) is 4.59. The molecule has 0 spiro atoms. The van der Waals surface area contributed by atoms with Gasteiger partial charge in [-0.15, -0.1) is 11.3 Å². The minimum atomic E-state index is -0.159. The normalized spacial score (nSPS) is 17.3. The molecular formula is C21H21FN2O2S.